The van der Waals surface area contributed by atoms with E-state index in [1.807, 2.05) is 40.2 Å². The smallest absolute Gasteiger partial charge is 0.410 e. The number of aryl methyl sites for hydroxylation is 1. The summed E-state index contributed by atoms with van der Waals surface area (Å²) in [5.74, 6) is 0. The van der Waals surface area contributed by atoms with Crippen molar-refractivity contribution in [3.05, 3.63) is 18.0 Å². The maximum absolute atomic E-state index is 12.3. The first-order chi connectivity index (χ1) is 10.8. The van der Waals surface area contributed by atoms with E-state index in [-0.39, 0.29) is 18.2 Å². The molecule has 1 aliphatic rings. The lowest BCUT2D eigenvalue weighted by molar-refractivity contribution is -0.0321. The Morgan fingerprint density at radius 3 is 2.91 bits per heavy atom. The molecular formula is C16H28N4O3. The molecule has 1 fully saturated rings. The fourth-order valence-corrected chi connectivity index (χ4v) is 2.48. The van der Waals surface area contributed by atoms with E-state index in [2.05, 4.69) is 17.3 Å². The van der Waals surface area contributed by atoms with Crippen molar-refractivity contribution in [1.82, 2.24) is 20.0 Å². The van der Waals surface area contributed by atoms with E-state index in [1.54, 1.807) is 9.58 Å². The number of carbonyl (C=O) groups is 1. The highest BCUT2D eigenvalue weighted by Gasteiger charge is 2.31. The van der Waals surface area contributed by atoms with Crippen LogP contribution >= 0.6 is 0 Å². The third kappa shape index (κ3) is 5.21. The number of morpholine rings is 1. The summed E-state index contributed by atoms with van der Waals surface area (Å²) in [5, 5.41) is 7.63. The highest BCUT2D eigenvalue weighted by molar-refractivity contribution is 5.68. The predicted molar refractivity (Wildman–Crippen MR) is 87.2 cm³/mol. The Hall–Kier alpha value is -1.60. The number of amides is 1. The lowest BCUT2D eigenvalue weighted by Crippen LogP contribution is -2.54. The molecular weight excluding hydrogens is 296 g/mol. The van der Waals surface area contributed by atoms with Crippen LogP contribution in [-0.2, 0) is 16.5 Å². The summed E-state index contributed by atoms with van der Waals surface area (Å²) in [7, 11) is 1.90. The summed E-state index contributed by atoms with van der Waals surface area (Å²) in [4.78, 5) is 14.1. The summed E-state index contributed by atoms with van der Waals surface area (Å²) >= 11 is 0. The predicted octanol–water partition coefficient (Wildman–Crippen LogP) is 1.71. The molecule has 1 aromatic rings. The lowest BCUT2D eigenvalue weighted by Gasteiger charge is -2.37. The Morgan fingerprint density at radius 2 is 2.30 bits per heavy atom. The second kappa shape index (κ2) is 7.31. The van der Waals surface area contributed by atoms with E-state index in [4.69, 9.17) is 9.47 Å². The zero-order valence-electron chi connectivity index (χ0n) is 14.7. The molecule has 7 heteroatoms. The Kier molecular flexibility index (Phi) is 5.64. The molecule has 23 heavy (non-hydrogen) atoms. The lowest BCUT2D eigenvalue weighted by atomic mass is 10.1. The molecule has 1 amide bonds. The van der Waals surface area contributed by atoms with Gasteiger partial charge in [0.1, 0.15) is 5.60 Å². The van der Waals surface area contributed by atoms with Gasteiger partial charge in [-0.15, -0.1) is 0 Å². The fourth-order valence-electron chi connectivity index (χ4n) is 2.48. The van der Waals surface area contributed by atoms with Crippen molar-refractivity contribution in [3.63, 3.8) is 0 Å². The molecule has 0 spiro atoms. The van der Waals surface area contributed by atoms with Crippen LogP contribution in [0.25, 0.3) is 0 Å². The average Bonchev–Trinajstić information content (AvgIpc) is 2.90. The van der Waals surface area contributed by atoms with Gasteiger partial charge in [-0.1, -0.05) is 0 Å². The molecule has 2 heterocycles. The molecule has 0 bridgehead atoms. The van der Waals surface area contributed by atoms with E-state index in [0.717, 1.165) is 5.56 Å². The van der Waals surface area contributed by atoms with Crippen molar-refractivity contribution in [1.29, 1.82) is 0 Å². The first kappa shape index (κ1) is 17.7. The van der Waals surface area contributed by atoms with Gasteiger partial charge in [-0.05, 0) is 27.7 Å². The molecule has 0 aliphatic carbocycles. The minimum atomic E-state index is -0.490. The average molecular weight is 324 g/mol. The third-order valence-electron chi connectivity index (χ3n) is 3.74. The Morgan fingerprint density at radius 1 is 1.57 bits per heavy atom. The van der Waals surface area contributed by atoms with Crippen molar-refractivity contribution < 1.29 is 14.3 Å². The Bertz CT molecular complexity index is 524. The van der Waals surface area contributed by atoms with E-state index in [9.17, 15) is 4.79 Å². The van der Waals surface area contributed by atoms with Crippen LogP contribution in [-0.4, -0.2) is 58.7 Å². The van der Waals surface area contributed by atoms with Gasteiger partial charge in [0, 0.05) is 37.9 Å². The van der Waals surface area contributed by atoms with E-state index in [0.29, 0.717) is 26.3 Å². The van der Waals surface area contributed by atoms with Crippen molar-refractivity contribution in [2.24, 2.45) is 7.05 Å². The Labute approximate surface area is 137 Å². The van der Waals surface area contributed by atoms with Crippen molar-refractivity contribution in [2.45, 2.75) is 45.4 Å². The molecule has 2 unspecified atom stereocenters. The molecule has 0 radical (unpaired) electrons. The summed E-state index contributed by atoms with van der Waals surface area (Å²) in [5.41, 5.74) is 0.629. The van der Waals surface area contributed by atoms with Crippen LogP contribution < -0.4 is 5.32 Å². The van der Waals surface area contributed by atoms with Gasteiger partial charge in [0.2, 0.25) is 0 Å². The zero-order chi connectivity index (χ0) is 17.0. The van der Waals surface area contributed by atoms with Gasteiger partial charge in [0.15, 0.2) is 0 Å². The Balaban J connectivity index is 1.92. The molecule has 0 saturated carbocycles. The van der Waals surface area contributed by atoms with E-state index >= 15 is 0 Å². The quantitative estimate of drug-likeness (QED) is 0.913. The van der Waals surface area contributed by atoms with Gasteiger partial charge in [-0.25, -0.2) is 4.79 Å². The standard InChI is InChI=1S/C16H28N4O3/c1-12(13-8-18-19(5)10-13)17-9-14-11-22-7-6-20(14)15(21)23-16(2,3)4/h8,10,12,14,17H,6-7,9,11H2,1-5H3. The molecule has 1 aromatic heterocycles. The van der Waals surface area contributed by atoms with Gasteiger partial charge < -0.3 is 14.8 Å². The van der Waals surface area contributed by atoms with Crippen LogP contribution in [0.2, 0.25) is 0 Å². The summed E-state index contributed by atoms with van der Waals surface area (Å²) in [6, 6.07) is 0.129. The number of ether oxygens (including phenoxy) is 2. The second-order valence-electron chi connectivity index (χ2n) is 6.98. The van der Waals surface area contributed by atoms with Crippen molar-refractivity contribution in [3.8, 4) is 0 Å². The normalized spacial score (nSPS) is 20.4. The van der Waals surface area contributed by atoms with Crippen LogP contribution in [0.15, 0.2) is 12.4 Å². The molecule has 0 aromatic carbocycles. The van der Waals surface area contributed by atoms with Crippen LogP contribution in [0.4, 0.5) is 4.79 Å². The summed E-state index contributed by atoms with van der Waals surface area (Å²) in [6.45, 7) is 9.99. The highest BCUT2D eigenvalue weighted by Crippen LogP contribution is 2.16. The van der Waals surface area contributed by atoms with Crippen molar-refractivity contribution >= 4 is 6.09 Å². The molecule has 130 valence electrons. The SMILES string of the molecule is CC(NCC1COCCN1C(=O)OC(C)(C)C)c1cnn(C)c1. The zero-order valence-corrected chi connectivity index (χ0v) is 14.7. The van der Waals surface area contributed by atoms with Gasteiger partial charge in [0.25, 0.3) is 0 Å². The third-order valence-corrected chi connectivity index (χ3v) is 3.74. The minimum absolute atomic E-state index is 0.0299. The number of rotatable bonds is 4. The number of hydrogen-bond acceptors (Lipinski definition) is 5. The van der Waals surface area contributed by atoms with E-state index in [1.165, 1.54) is 0 Å². The first-order valence-electron chi connectivity index (χ1n) is 8.05. The van der Waals surface area contributed by atoms with Gasteiger partial charge >= 0.3 is 6.09 Å². The van der Waals surface area contributed by atoms with Gasteiger partial charge in [0.05, 0.1) is 25.5 Å². The topological polar surface area (TPSA) is 68.6 Å². The fraction of sp³-hybridized carbons (Fsp3) is 0.750. The largest absolute Gasteiger partial charge is 0.444 e. The molecule has 2 atom stereocenters. The maximum atomic E-state index is 12.3. The first-order valence-corrected chi connectivity index (χ1v) is 8.05. The van der Waals surface area contributed by atoms with Crippen LogP contribution in [0.5, 0.6) is 0 Å². The molecule has 1 N–H and O–H groups in total. The van der Waals surface area contributed by atoms with Gasteiger partial charge in [-0.2, -0.15) is 5.10 Å². The second-order valence-corrected chi connectivity index (χ2v) is 6.98. The molecule has 1 aliphatic heterocycles. The maximum Gasteiger partial charge on any atom is 0.410 e. The number of hydrogen-bond donors (Lipinski definition) is 1. The molecule has 2 rings (SSSR count). The molecule has 1 saturated heterocycles. The number of carbonyl (C=O) groups excluding carboxylic acids is 1. The highest BCUT2D eigenvalue weighted by atomic mass is 16.6. The minimum Gasteiger partial charge on any atom is -0.444 e. The number of nitrogens with zero attached hydrogens (tertiary/aromatic N) is 3. The van der Waals surface area contributed by atoms with E-state index < -0.39 is 5.60 Å². The summed E-state index contributed by atoms with van der Waals surface area (Å²) in [6.07, 6.45) is 3.56. The van der Waals surface area contributed by atoms with Crippen molar-refractivity contribution in [2.75, 3.05) is 26.3 Å². The van der Waals surface area contributed by atoms with Crippen LogP contribution in [0, 0.1) is 0 Å². The monoisotopic (exact) mass is 324 g/mol. The van der Waals surface area contributed by atoms with Crippen LogP contribution in [0.3, 0.4) is 0 Å². The number of aromatic nitrogens is 2. The summed E-state index contributed by atoms with van der Waals surface area (Å²) < 4.78 is 12.8. The molecule has 7 nitrogen and oxygen atoms in total. The number of nitrogens with one attached hydrogen (secondary N) is 1. The van der Waals surface area contributed by atoms with Crippen LogP contribution in [0.1, 0.15) is 39.3 Å². The van der Waals surface area contributed by atoms with Gasteiger partial charge in [-0.3, -0.25) is 9.58 Å².